The van der Waals surface area contributed by atoms with Crippen molar-refractivity contribution in [3.63, 3.8) is 0 Å². The Morgan fingerprint density at radius 1 is 1.53 bits per heavy atom. The van der Waals surface area contributed by atoms with Gasteiger partial charge in [-0.1, -0.05) is 0 Å². The van der Waals surface area contributed by atoms with Crippen molar-refractivity contribution in [1.82, 2.24) is 4.98 Å². The first-order valence-corrected chi connectivity index (χ1v) is 4.45. The van der Waals surface area contributed by atoms with Crippen molar-refractivity contribution in [3.8, 4) is 0 Å². The second-order valence-corrected chi connectivity index (χ2v) is 3.02. The molecule has 0 saturated carbocycles. The Morgan fingerprint density at radius 3 is 3.07 bits per heavy atom. The van der Waals surface area contributed by atoms with Gasteiger partial charge >= 0.3 is 5.97 Å². The SMILES string of the molecule is O=C(O)c1ccncc1C1=CCOC=C1. The lowest BCUT2D eigenvalue weighted by Gasteiger charge is -2.09. The number of ether oxygens (including phenoxy) is 1. The van der Waals surface area contributed by atoms with E-state index in [4.69, 9.17) is 9.84 Å². The number of hydrogen-bond acceptors (Lipinski definition) is 3. The Balaban J connectivity index is 2.47. The van der Waals surface area contributed by atoms with E-state index in [2.05, 4.69) is 4.98 Å². The van der Waals surface area contributed by atoms with Crippen LogP contribution in [0, 0.1) is 0 Å². The van der Waals surface area contributed by atoms with Crippen molar-refractivity contribution in [1.29, 1.82) is 0 Å². The second-order valence-electron chi connectivity index (χ2n) is 3.02. The minimum atomic E-state index is -0.951. The summed E-state index contributed by atoms with van der Waals surface area (Å²) in [6.45, 7) is 0.458. The highest BCUT2D eigenvalue weighted by molar-refractivity contribution is 5.95. The first-order chi connectivity index (χ1) is 7.29. The van der Waals surface area contributed by atoms with Gasteiger partial charge in [-0.3, -0.25) is 4.98 Å². The Labute approximate surface area is 86.5 Å². The normalized spacial score (nSPS) is 14.3. The van der Waals surface area contributed by atoms with Crippen molar-refractivity contribution in [2.45, 2.75) is 0 Å². The zero-order valence-electron chi connectivity index (χ0n) is 7.88. The molecular formula is C11H9NO3. The lowest BCUT2D eigenvalue weighted by Crippen LogP contribution is -2.03. The van der Waals surface area contributed by atoms with Gasteiger partial charge in [-0.05, 0) is 23.8 Å². The topological polar surface area (TPSA) is 59.4 Å². The fourth-order valence-corrected chi connectivity index (χ4v) is 1.39. The van der Waals surface area contributed by atoms with Crippen molar-refractivity contribution >= 4 is 11.5 Å². The molecule has 0 saturated heterocycles. The first-order valence-electron chi connectivity index (χ1n) is 4.45. The molecule has 1 aliphatic heterocycles. The molecule has 4 heteroatoms. The van der Waals surface area contributed by atoms with Gasteiger partial charge in [-0.15, -0.1) is 0 Å². The summed E-state index contributed by atoms with van der Waals surface area (Å²) in [7, 11) is 0. The van der Waals surface area contributed by atoms with Crippen LogP contribution in [0.1, 0.15) is 15.9 Å². The van der Waals surface area contributed by atoms with Crippen LogP contribution < -0.4 is 0 Å². The van der Waals surface area contributed by atoms with Gasteiger partial charge in [0.05, 0.1) is 11.8 Å². The largest absolute Gasteiger partial charge is 0.497 e. The van der Waals surface area contributed by atoms with E-state index in [1.165, 1.54) is 12.3 Å². The first kappa shape index (κ1) is 9.45. The maximum atomic E-state index is 11.0. The van der Waals surface area contributed by atoms with Crippen LogP contribution in [-0.2, 0) is 4.74 Å². The van der Waals surface area contributed by atoms with Gasteiger partial charge in [-0.25, -0.2) is 4.79 Å². The molecule has 76 valence electrons. The third kappa shape index (κ3) is 1.88. The summed E-state index contributed by atoms with van der Waals surface area (Å²) in [5.41, 5.74) is 1.69. The number of allylic oxidation sites excluding steroid dienone is 2. The molecule has 0 radical (unpaired) electrons. The number of aromatic carboxylic acids is 1. The molecule has 0 aliphatic carbocycles. The molecule has 1 aromatic heterocycles. The van der Waals surface area contributed by atoms with E-state index in [-0.39, 0.29) is 5.56 Å². The minimum Gasteiger partial charge on any atom is -0.497 e. The number of pyridine rings is 1. The van der Waals surface area contributed by atoms with Crippen LogP contribution in [-0.4, -0.2) is 22.7 Å². The van der Waals surface area contributed by atoms with Crippen molar-refractivity contribution in [3.05, 3.63) is 48.0 Å². The van der Waals surface area contributed by atoms with E-state index in [1.54, 1.807) is 18.5 Å². The summed E-state index contributed by atoms with van der Waals surface area (Å²) in [4.78, 5) is 14.9. The number of carbonyl (C=O) groups is 1. The number of carboxylic acid groups (broad SMARTS) is 1. The lowest BCUT2D eigenvalue weighted by atomic mass is 10.0. The smallest absolute Gasteiger partial charge is 0.336 e. The molecule has 0 bridgehead atoms. The maximum Gasteiger partial charge on any atom is 0.336 e. The molecule has 1 aromatic rings. The molecule has 2 rings (SSSR count). The standard InChI is InChI=1S/C11H9NO3/c13-11(14)9-1-4-12-7-10(9)8-2-5-15-6-3-8/h1-5,7H,6H2,(H,13,14). The highest BCUT2D eigenvalue weighted by Crippen LogP contribution is 2.21. The quantitative estimate of drug-likeness (QED) is 0.794. The van der Waals surface area contributed by atoms with E-state index < -0.39 is 5.97 Å². The van der Waals surface area contributed by atoms with Gasteiger partial charge in [-0.2, -0.15) is 0 Å². The van der Waals surface area contributed by atoms with Crippen LogP contribution in [0.3, 0.4) is 0 Å². The van der Waals surface area contributed by atoms with Crippen molar-refractivity contribution in [2.75, 3.05) is 6.61 Å². The molecule has 0 aromatic carbocycles. The third-order valence-electron chi connectivity index (χ3n) is 2.11. The summed E-state index contributed by atoms with van der Waals surface area (Å²) >= 11 is 0. The average Bonchev–Trinajstić information content (AvgIpc) is 2.30. The van der Waals surface area contributed by atoms with Gasteiger partial charge in [0.25, 0.3) is 0 Å². The predicted molar refractivity (Wildman–Crippen MR) is 54.3 cm³/mol. The molecule has 15 heavy (non-hydrogen) atoms. The van der Waals surface area contributed by atoms with Crippen LogP contribution in [0.4, 0.5) is 0 Å². The highest BCUT2D eigenvalue weighted by atomic mass is 16.5. The molecule has 2 heterocycles. The van der Waals surface area contributed by atoms with E-state index in [0.717, 1.165) is 5.57 Å². The number of nitrogens with zero attached hydrogens (tertiary/aromatic N) is 1. The molecule has 0 unspecified atom stereocenters. The lowest BCUT2D eigenvalue weighted by molar-refractivity contribution is 0.0696. The Bertz CT molecular complexity index is 449. The van der Waals surface area contributed by atoms with Gasteiger partial charge in [0.2, 0.25) is 0 Å². The van der Waals surface area contributed by atoms with Crippen LogP contribution in [0.25, 0.3) is 5.57 Å². The Morgan fingerprint density at radius 2 is 2.40 bits per heavy atom. The molecule has 0 fully saturated rings. The summed E-state index contributed by atoms with van der Waals surface area (Å²) in [5, 5.41) is 8.99. The molecule has 1 N–H and O–H groups in total. The third-order valence-corrected chi connectivity index (χ3v) is 2.11. The zero-order valence-corrected chi connectivity index (χ0v) is 7.88. The van der Waals surface area contributed by atoms with Gasteiger partial charge in [0.15, 0.2) is 0 Å². The molecular weight excluding hydrogens is 194 g/mol. The summed E-state index contributed by atoms with van der Waals surface area (Å²) in [6.07, 6.45) is 8.12. The van der Waals surface area contributed by atoms with E-state index >= 15 is 0 Å². The molecule has 0 amide bonds. The molecule has 1 aliphatic rings. The van der Waals surface area contributed by atoms with Gasteiger partial charge in [0, 0.05) is 18.0 Å². The molecule has 0 spiro atoms. The van der Waals surface area contributed by atoms with Crippen LogP contribution in [0.2, 0.25) is 0 Å². The second kappa shape index (κ2) is 3.96. The van der Waals surface area contributed by atoms with Crippen LogP contribution in [0.5, 0.6) is 0 Å². The maximum absolute atomic E-state index is 11.0. The highest BCUT2D eigenvalue weighted by Gasteiger charge is 2.12. The fourth-order valence-electron chi connectivity index (χ4n) is 1.39. The van der Waals surface area contributed by atoms with E-state index in [1.807, 2.05) is 6.08 Å². The summed E-state index contributed by atoms with van der Waals surface area (Å²) in [5.74, 6) is -0.951. The Hall–Kier alpha value is -2.10. The van der Waals surface area contributed by atoms with Crippen LogP contribution >= 0.6 is 0 Å². The monoisotopic (exact) mass is 203 g/mol. The number of rotatable bonds is 2. The number of aromatic nitrogens is 1. The minimum absolute atomic E-state index is 0.253. The average molecular weight is 203 g/mol. The van der Waals surface area contributed by atoms with Gasteiger partial charge < -0.3 is 9.84 Å². The van der Waals surface area contributed by atoms with E-state index in [9.17, 15) is 4.79 Å². The number of hydrogen-bond donors (Lipinski definition) is 1. The number of carboxylic acids is 1. The Kier molecular flexibility index (Phi) is 2.49. The van der Waals surface area contributed by atoms with Crippen molar-refractivity contribution in [2.24, 2.45) is 0 Å². The fraction of sp³-hybridized carbons (Fsp3) is 0.0909. The van der Waals surface area contributed by atoms with Crippen molar-refractivity contribution < 1.29 is 14.6 Å². The summed E-state index contributed by atoms with van der Waals surface area (Å²) < 4.78 is 5.00. The summed E-state index contributed by atoms with van der Waals surface area (Å²) in [6, 6.07) is 1.49. The van der Waals surface area contributed by atoms with Gasteiger partial charge in [0.1, 0.15) is 6.61 Å². The predicted octanol–water partition coefficient (Wildman–Crippen LogP) is 1.71. The van der Waals surface area contributed by atoms with E-state index in [0.29, 0.717) is 12.2 Å². The van der Waals surface area contributed by atoms with Crippen LogP contribution in [0.15, 0.2) is 36.9 Å². The zero-order chi connectivity index (χ0) is 10.7. The molecule has 0 atom stereocenters. The molecule has 4 nitrogen and oxygen atoms in total.